The quantitative estimate of drug-likeness (QED) is 0.329. The first-order valence-corrected chi connectivity index (χ1v) is 12.7. The second kappa shape index (κ2) is 11.3. The van der Waals surface area contributed by atoms with Crippen molar-refractivity contribution in [1.82, 2.24) is 4.98 Å². The van der Waals surface area contributed by atoms with Crippen molar-refractivity contribution in [2.45, 2.75) is 103 Å². The van der Waals surface area contributed by atoms with E-state index in [-0.39, 0.29) is 17.4 Å². The Balaban J connectivity index is 1.60. The van der Waals surface area contributed by atoms with Crippen molar-refractivity contribution < 1.29 is 9.90 Å². The van der Waals surface area contributed by atoms with Gasteiger partial charge >= 0.3 is 0 Å². The van der Waals surface area contributed by atoms with Gasteiger partial charge in [-0.15, -0.1) is 0 Å². The van der Waals surface area contributed by atoms with Crippen molar-refractivity contribution in [3.05, 3.63) is 42.3 Å². The monoisotopic (exact) mass is 425 g/mol. The molecular formula is C28H43NO2. The van der Waals surface area contributed by atoms with E-state index in [0.717, 1.165) is 38.5 Å². The maximum absolute atomic E-state index is 13.3. The van der Waals surface area contributed by atoms with E-state index < -0.39 is 0 Å². The van der Waals surface area contributed by atoms with Crippen LogP contribution >= 0.6 is 0 Å². The van der Waals surface area contributed by atoms with Gasteiger partial charge in [-0.05, 0) is 86.8 Å². The Morgan fingerprint density at radius 2 is 2.00 bits per heavy atom. The minimum absolute atomic E-state index is 0.161. The Labute approximate surface area is 189 Å². The van der Waals surface area contributed by atoms with Crippen LogP contribution in [0.15, 0.2) is 31.0 Å². The lowest BCUT2D eigenvalue weighted by molar-refractivity contribution is -0.126. The maximum atomic E-state index is 13.3. The number of aliphatic hydroxyl groups is 1. The third kappa shape index (κ3) is 6.22. The van der Waals surface area contributed by atoms with Crippen LogP contribution in [-0.2, 0) is 4.79 Å². The molecule has 2 aliphatic rings. The Morgan fingerprint density at radius 1 is 1.26 bits per heavy atom. The molecule has 0 bridgehead atoms. The van der Waals surface area contributed by atoms with Crippen LogP contribution in [0.3, 0.4) is 0 Å². The summed E-state index contributed by atoms with van der Waals surface area (Å²) in [6.45, 7) is 8.21. The molecule has 1 aromatic heterocycles. The van der Waals surface area contributed by atoms with Crippen LogP contribution in [0, 0.1) is 24.2 Å². The van der Waals surface area contributed by atoms with Crippen molar-refractivity contribution in [3.63, 3.8) is 0 Å². The number of hydrogen-bond donors (Lipinski definition) is 2. The summed E-state index contributed by atoms with van der Waals surface area (Å²) in [7, 11) is 0. The first-order chi connectivity index (χ1) is 15.0. The summed E-state index contributed by atoms with van der Waals surface area (Å²) in [6, 6.07) is 2.14. The van der Waals surface area contributed by atoms with Crippen LogP contribution in [0.1, 0.15) is 102 Å². The number of H-pyrrole nitrogens is 1. The Morgan fingerprint density at radius 3 is 2.58 bits per heavy atom. The van der Waals surface area contributed by atoms with Gasteiger partial charge in [-0.25, -0.2) is 0 Å². The molecular weight excluding hydrogens is 382 g/mol. The molecule has 0 spiro atoms. The summed E-state index contributed by atoms with van der Waals surface area (Å²) in [5.41, 5.74) is 3.95. The molecule has 0 aromatic carbocycles. The standard InChI is InChI=1S/C28H43NO2/c1-4-9-22(24-16-20-29-21(24)3)15-17-28(18-19-28)25(10-5-2)27(31)14-13-26(30)23-11-7-6-8-12-23/h4,9,16,20,23,25-26,29-30H,1,5-8,10-15,17-19H2,2-3H3/b22-9-/t25-,26?/m1/s1. The topological polar surface area (TPSA) is 53.1 Å². The van der Waals surface area contributed by atoms with Gasteiger partial charge in [0, 0.05) is 24.2 Å². The molecule has 1 aromatic rings. The van der Waals surface area contributed by atoms with E-state index in [1.54, 1.807) is 0 Å². The highest BCUT2D eigenvalue weighted by atomic mass is 16.3. The predicted octanol–water partition coefficient (Wildman–Crippen LogP) is 7.16. The summed E-state index contributed by atoms with van der Waals surface area (Å²) in [5.74, 6) is 0.979. The van der Waals surface area contributed by atoms with Gasteiger partial charge in [-0.2, -0.15) is 0 Å². The first kappa shape index (κ1) is 24.0. The van der Waals surface area contributed by atoms with Gasteiger partial charge in [-0.3, -0.25) is 4.79 Å². The number of carbonyl (C=O) groups excluding carboxylic acids is 1. The van der Waals surface area contributed by atoms with E-state index in [9.17, 15) is 9.90 Å². The van der Waals surface area contributed by atoms with Crippen molar-refractivity contribution in [1.29, 1.82) is 0 Å². The SMILES string of the molecule is C=C/C=C(/CCC1([C@H](CCC)C(=O)CCC(O)C2CCCCC2)CC1)c1cc[nH]c1C. The largest absolute Gasteiger partial charge is 0.393 e. The lowest BCUT2D eigenvalue weighted by Gasteiger charge is -2.29. The number of allylic oxidation sites excluding steroid dienone is 3. The highest BCUT2D eigenvalue weighted by molar-refractivity contribution is 5.82. The van der Waals surface area contributed by atoms with E-state index in [4.69, 9.17) is 0 Å². The molecule has 31 heavy (non-hydrogen) atoms. The lowest BCUT2D eigenvalue weighted by atomic mass is 9.76. The smallest absolute Gasteiger partial charge is 0.136 e. The number of rotatable bonds is 13. The molecule has 3 nitrogen and oxygen atoms in total. The summed E-state index contributed by atoms with van der Waals surface area (Å²) < 4.78 is 0. The van der Waals surface area contributed by atoms with Crippen molar-refractivity contribution in [2.24, 2.45) is 17.3 Å². The highest BCUT2D eigenvalue weighted by Gasteiger charge is 2.50. The van der Waals surface area contributed by atoms with Crippen LogP contribution in [0.2, 0.25) is 0 Å². The minimum atomic E-state index is -0.291. The number of aromatic nitrogens is 1. The highest BCUT2D eigenvalue weighted by Crippen LogP contribution is 2.58. The number of ketones is 1. The number of aryl methyl sites for hydroxylation is 1. The normalized spacial score (nSPS) is 20.9. The van der Waals surface area contributed by atoms with Gasteiger partial charge in [0.25, 0.3) is 0 Å². The van der Waals surface area contributed by atoms with Crippen molar-refractivity contribution in [3.8, 4) is 0 Å². The molecule has 172 valence electrons. The number of hydrogen-bond acceptors (Lipinski definition) is 2. The second-order valence-corrected chi connectivity index (χ2v) is 10.1. The summed E-state index contributed by atoms with van der Waals surface area (Å²) >= 11 is 0. The molecule has 0 aliphatic heterocycles. The van der Waals surface area contributed by atoms with Crippen molar-refractivity contribution >= 4 is 11.4 Å². The first-order valence-electron chi connectivity index (χ1n) is 12.7. The third-order valence-corrected chi connectivity index (χ3v) is 7.99. The molecule has 2 atom stereocenters. The maximum Gasteiger partial charge on any atom is 0.136 e. The fourth-order valence-corrected chi connectivity index (χ4v) is 5.88. The average molecular weight is 426 g/mol. The molecule has 2 fully saturated rings. The molecule has 0 radical (unpaired) electrons. The van der Waals surface area contributed by atoms with Gasteiger partial charge in [0.1, 0.15) is 5.78 Å². The average Bonchev–Trinajstić information content (AvgIpc) is 3.45. The number of aliphatic hydroxyl groups excluding tert-OH is 1. The second-order valence-electron chi connectivity index (χ2n) is 10.1. The molecule has 2 N–H and O–H groups in total. The fourth-order valence-electron chi connectivity index (χ4n) is 5.88. The van der Waals surface area contributed by atoms with Gasteiger partial charge in [0.05, 0.1) is 6.10 Å². The molecule has 1 heterocycles. The summed E-state index contributed by atoms with van der Waals surface area (Å²) in [5, 5.41) is 10.6. The molecule has 0 saturated heterocycles. The molecule has 0 amide bonds. The fraction of sp³-hybridized carbons (Fsp3) is 0.679. The van der Waals surface area contributed by atoms with Crippen LogP contribution in [-0.4, -0.2) is 22.0 Å². The van der Waals surface area contributed by atoms with E-state index >= 15 is 0 Å². The molecule has 1 unspecified atom stereocenters. The molecule has 3 heteroatoms. The number of nitrogens with one attached hydrogen (secondary N) is 1. The van der Waals surface area contributed by atoms with Crippen LogP contribution < -0.4 is 0 Å². The Kier molecular flexibility index (Phi) is 8.77. The Bertz CT molecular complexity index is 749. The lowest BCUT2D eigenvalue weighted by Crippen LogP contribution is -2.28. The van der Waals surface area contributed by atoms with Gasteiger partial charge in [-0.1, -0.05) is 51.3 Å². The zero-order valence-electron chi connectivity index (χ0n) is 19.8. The van der Waals surface area contributed by atoms with E-state index in [1.807, 2.05) is 12.3 Å². The van der Waals surface area contributed by atoms with Gasteiger partial charge < -0.3 is 10.1 Å². The Hall–Kier alpha value is -1.61. The zero-order valence-corrected chi connectivity index (χ0v) is 19.8. The minimum Gasteiger partial charge on any atom is -0.393 e. The predicted molar refractivity (Wildman–Crippen MR) is 130 cm³/mol. The van der Waals surface area contributed by atoms with Crippen LogP contribution in [0.5, 0.6) is 0 Å². The van der Waals surface area contributed by atoms with Crippen LogP contribution in [0.4, 0.5) is 0 Å². The van der Waals surface area contributed by atoms with E-state index in [2.05, 4.69) is 37.6 Å². The molecule has 2 aliphatic carbocycles. The summed E-state index contributed by atoms with van der Waals surface area (Å²) in [4.78, 5) is 16.6. The van der Waals surface area contributed by atoms with Crippen LogP contribution in [0.25, 0.3) is 5.57 Å². The summed E-state index contributed by atoms with van der Waals surface area (Å²) in [6.07, 6.45) is 19.4. The van der Waals surface area contributed by atoms with E-state index in [0.29, 0.717) is 24.5 Å². The third-order valence-electron chi connectivity index (χ3n) is 7.99. The number of carbonyl (C=O) groups is 1. The number of Topliss-reactive ketones (excluding diaryl/α,β-unsaturated/α-hetero) is 1. The van der Waals surface area contributed by atoms with E-state index in [1.165, 1.54) is 48.9 Å². The van der Waals surface area contributed by atoms with Gasteiger partial charge in [0.2, 0.25) is 0 Å². The zero-order chi connectivity index (χ0) is 22.3. The molecule has 2 saturated carbocycles. The molecule has 3 rings (SSSR count). The van der Waals surface area contributed by atoms with Crippen molar-refractivity contribution in [2.75, 3.05) is 0 Å². The van der Waals surface area contributed by atoms with Gasteiger partial charge in [0.15, 0.2) is 0 Å². The number of aromatic amines is 1.